The fourth-order valence-electron chi connectivity index (χ4n) is 6.73. The van der Waals surface area contributed by atoms with Gasteiger partial charge in [-0.1, -0.05) is 58.9 Å². The predicted octanol–water partition coefficient (Wildman–Crippen LogP) is -1.01. The number of phenolic OH excluding ortho intramolecular Hbond substituents is 2. The molecule has 20 nitrogen and oxygen atoms in total. The number of carbonyl (C=O) groups excluding carboxylic acids is 7. The number of aliphatic hydroxyl groups excluding tert-OH is 3. The summed E-state index contributed by atoms with van der Waals surface area (Å²) in [5.41, 5.74) is 16.7. The number of ketones is 3. The number of hydrogen-bond donors (Lipinski definition) is 12. The Labute approximate surface area is 379 Å². The second-order valence-electron chi connectivity index (χ2n) is 17.6. The molecule has 0 spiro atoms. The van der Waals surface area contributed by atoms with E-state index in [0.717, 1.165) is 0 Å². The van der Waals surface area contributed by atoms with Gasteiger partial charge in [0.05, 0.1) is 43.9 Å². The van der Waals surface area contributed by atoms with Crippen molar-refractivity contribution in [3.8, 4) is 11.5 Å². The Bertz CT molecular complexity index is 1930. The van der Waals surface area contributed by atoms with Crippen molar-refractivity contribution in [1.82, 2.24) is 21.3 Å². The van der Waals surface area contributed by atoms with Crippen LogP contribution < -0.4 is 38.5 Å². The average molecular weight is 913 g/mol. The Morgan fingerprint density at radius 3 is 1.57 bits per heavy atom. The van der Waals surface area contributed by atoms with Gasteiger partial charge in [-0.3, -0.25) is 38.6 Å². The van der Waals surface area contributed by atoms with E-state index in [1.807, 2.05) is 13.8 Å². The van der Waals surface area contributed by atoms with Crippen molar-refractivity contribution in [2.45, 2.75) is 110 Å². The topological polar surface area (TPSA) is 359 Å². The van der Waals surface area contributed by atoms with Gasteiger partial charge in [0.2, 0.25) is 23.6 Å². The Morgan fingerprint density at radius 1 is 0.615 bits per heavy atom. The normalized spacial score (nSPS) is 14.7. The largest absolute Gasteiger partial charge is 0.508 e. The SMILES string of the molecule is CC(C)C[C@@H](NC(=O)[C@@H](CO)NC(=O)[C@H](CC(=O)[C@@H](Cc1ccc(O)cc1)NC(=O)[C@@H](CO)CC(=O)[C@@H](CO)NC(=O)[C@H](N)CCCN=C(N)N)Cc1ccc(O)cc1)C(=O)C(C)(C)C. The smallest absolute Gasteiger partial charge is 0.245 e. The van der Waals surface area contributed by atoms with Crippen LogP contribution in [0.15, 0.2) is 53.5 Å². The molecule has 4 amide bonds. The minimum atomic E-state index is -1.53. The maximum Gasteiger partial charge on any atom is 0.245 e. The van der Waals surface area contributed by atoms with Gasteiger partial charge in [-0.2, -0.15) is 0 Å². The molecule has 0 aromatic heterocycles. The number of nitrogens with one attached hydrogen (secondary N) is 4. The number of guanidine groups is 1. The number of nitrogens with zero attached hydrogens (tertiary/aromatic N) is 1. The molecule has 65 heavy (non-hydrogen) atoms. The summed E-state index contributed by atoms with van der Waals surface area (Å²) in [5, 5.41) is 60.4. The highest BCUT2D eigenvalue weighted by Gasteiger charge is 2.36. The van der Waals surface area contributed by atoms with Gasteiger partial charge in [0.1, 0.15) is 23.6 Å². The van der Waals surface area contributed by atoms with Crippen LogP contribution in [-0.4, -0.2) is 129 Å². The van der Waals surface area contributed by atoms with Gasteiger partial charge < -0.3 is 64.0 Å². The molecular weight excluding hydrogens is 845 g/mol. The molecule has 0 bridgehead atoms. The third-order valence-electron chi connectivity index (χ3n) is 10.4. The molecule has 0 fully saturated rings. The Morgan fingerprint density at radius 2 is 1.08 bits per heavy atom. The van der Waals surface area contributed by atoms with E-state index in [-0.39, 0.29) is 55.0 Å². The van der Waals surface area contributed by atoms with E-state index in [0.29, 0.717) is 24.0 Å². The van der Waals surface area contributed by atoms with Crippen LogP contribution in [-0.2, 0) is 46.4 Å². The minimum Gasteiger partial charge on any atom is -0.508 e. The zero-order valence-corrected chi connectivity index (χ0v) is 37.8. The summed E-state index contributed by atoms with van der Waals surface area (Å²) in [7, 11) is 0. The average Bonchev–Trinajstić information content (AvgIpc) is 3.24. The maximum absolute atomic E-state index is 14.3. The fraction of sp³-hybridized carbons (Fsp3) is 0.556. The van der Waals surface area contributed by atoms with Crippen molar-refractivity contribution in [2.75, 3.05) is 26.4 Å². The first-order chi connectivity index (χ1) is 30.5. The molecule has 0 aliphatic rings. The van der Waals surface area contributed by atoms with Crippen molar-refractivity contribution >= 4 is 46.9 Å². The Balaban J connectivity index is 2.39. The molecule has 0 saturated heterocycles. The monoisotopic (exact) mass is 912 g/mol. The minimum absolute atomic E-state index is 0.00664. The predicted molar refractivity (Wildman–Crippen MR) is 241 cm³/mol. The van der Waals surface area contributed by atoms with Gasteiger partial charge >= 0.3 is 0 Å². The van der Waals surface area contributed by atoms with Crippen LogP contribution in [0.2, 0.25) is 0 Å². The first-order valence-corrected chi connectivity index (χ1v) is 21.5. The highest BCUT2D eigenvalue weighted by molar-refractivity contribution is 5.98. The van der Waals surface area contributed by atoms with Crippen LogP contribution in [0.4, 0.5) is 0 Å². The van der Waals surface area contributed by atoms with Crippen LogP contribution >= 0.6 is 0 Å². The first kappa shape index (κ1) is 55.2. The van der Waals surface area contributed by atoms with Gasteiger partial charge in [-0.05, 0) is 73.4 Å². The summed E-state index contributed by atoms with van der Waals surface area (Å²) in [6.45, 7) is 6.48. The lowest BCUT2D eigenvalue weighted by atomic mass is 9.83. The summed E-state index contributed by atoms with van der Waals surface area (Å²) in [6.07, 6.45) is -0.753. The molecular formula is C45H68N8O12. The van der Waals surface area contributed by atoms with Gasteiger partial charge in [0, 0.05) is 30.7 Å². The molecule has 0 heterocycles. The summed E-state index contributed by atoms with van der Waals surface area (Å²) in [4.78, 5) is 98.7. The van der Waals surface area contributed by atoms with Crippen molar-refractivity contribution in [3.63, 3.8) is 0 Å². The van der Waals surface area contributed by atoms with Crippen LogP contribution in [0.3, 0.4) is 0 Å². The number of Topliss-reactive ketones (excluding diaryl/α,β-unsaturated/α-hetero) is 3. The quantitative estimate of drug-likeness (QED) is 0.0277. The highest BCUT2D eigenvalue weighted by atomic mass is 16.3. The molecule has 0 radical (unpaired) electrons. The van der Waals surface area contributed by atoms with Gasteiger partial charge in [-0.25, -0.2) is 0 Å². The van der Waals surface area contributed by atoms with Crippen molar-refractivity contribution in [3.05, 3.63) is 59.7 Å². The van der Waals surface area contributed by atoms with Crippen LogP contribution in [0.1, 0.15) is 77.8 Å². The zero-order chi connectivity index (χ0) is 49.0. The Hall–Kier alpha value is -5.96. The Kier molecular flexibility index (Phi) is 22.7. The zero-order valence-electron chi connectivity index (χ0n) is 37.8. The summed E-state index contributed by atoms with van der Waals surface area (Å²) < 4.78 is 0. The molecule has 0 aliphatic heterocycles. The number of carbonyl (C=O) groups is 7. The van der Waals surface area contributed by atoms with Crippen molar-refractivity contribution < 1.29 is 59.1 Å². The van der Waals surface area contributed by atoms with E-state index < -0.39 is 115 Å². The molecule has 2 rings (SSSR count). The molecule has 7 atom stereocenters. The number of rotatable bonds is 28. The molecule has 20 heteroatoms. The van der Waals surface area contributed by atoms with E-state index in [1.165, 1.54) is 48.5 Å². The number of aliphatic imine (C=N–C) groups is 1. The van der Waals surface area contributed by atoms with E-state index in [2.05, 4.69) is 26.3 Å². The van der Waals surface area contributed by atoms with E-state index in [1.54, 1.807) is 20.8 Å². The molecule has 0 saturated carbocycles. The first-order valence-electron chi connectivity index (χ1n) is 21.5. The molecule has 2 aromatic rings. The lowest BCUT2D eigenvalue weighted by Gasteiger charge is -2.29. The number of nitrogens with two attached hydrogens (primary N) is 3. The van der Waals surface area contributed by atoms with E-state index >= 15 is 0 Å². The standard InChI is InChI=1S/C45H68N8O12/c1-25(2)17-34(39(61)45(3,4)5)51-43(65)36(24-56)53-40(62)28(18-26-8-12-30(57)13-9-26)20-37(59)33(19-27-10-14-31(58)15-11-27)50-41(63)29(22-54)21-38(60)35(23-55)52-42(64)32(46)7-6-16-49-44(47)48/h8-15,25,28-29,32-36,54-58H,6-7,16-24,46H2,1-5H3,(H,50,63)(H,51,65)(H,52,64)(H,53,62)(H4,47,48,49)/t28-,29+,32+,33+,34+,35+,36+/m0/s1. The van der Waals surface area contributed by atoms with Crippen molar-refractivity contribution in [2.24, 2.45) is 45.4 Å². The number of aromatic hydroxyl groups is 2. The maximum atomic E-state index is 14.3. The summed E-state index contributed by atoms with van der Waals surface area (Å²) >= 11 is 0. The third-order valence-corrected chi connectivity index (χ3v) is 10.4. The van der Waals surface area contributed by atoms with Crippen LogP contribution in [0.25, 0.3) is 0 Å². The van der Waals surface area contributed by atoms with E-state index in [9.17, 15) is 59.1 Å². The number of aliphatic hydroxyl groups is 3. The number of amides is 4. The number of phenols is 2. The second-order valence-corrected chi connectivity index (χ2v) is 17.6. The van der Waals surface area contributed by atoms with Crippen LogP contribution in [0, 0.1) is 23.2 Å². The third kappa shape index (κ3) is 19.4. The highest BCUT2D eigenvalue weighted by Crippen LogP contribution is 2.22. The number of benzene rings is 2. The van der Waals surface area contributed by atoms with Gasteiger partial charge in [0.15, 0.2) is 23.3 Å². The second kappa shape index (κ2) is 26.7. The molecule has 0 aliphatic carbocycles. The molecule has 360 valence electrons. The lowest BCUT2D eigenvalue weighted by molar-refractivity contribution is -0.137. The molecule has 2 aromatic carbocycles. The summed E-state index contributed by atoms with van der Waals surface area (Å²) in [6, 6.07) is 5.07. The van der Waals surface area contributed by atoms with Gasteiger partial charge in [-0.15, -0.1) is 0 Å². The van der Waals surface area contributed by atoms with E-state index in [4.69, 9.17) is 17.2 Å². The van der Waals surface area contributed by atoms with Gasteiger partial charge in [0.25, 0.3) is 0 Å². The molecule has 0 unspecified atom stereocenters. The summed E-state index contributed by atoms with van der Waals surface area (Å²) in [5.74, 6) is -8.13. The number of hydrogen-bond acceptors (Lipinski definition) is 14. The molecule has 15 N–H and O–H groups in total. The van der Waals surface area contributed by atoms with Crippen molar-refractivity contribution in [1.29, 1.82) is 0 Å². The van der Waals surface area contributed by atoms with Crippen LogP contribution in [0.5, 0.6) is 11.5 Å². The lowest BCUT2D eigenvalue weighted by Crippen LogP contribution is -2.56. The fourth-order valence-corrected chi connectivity index (χ4v) is 6.73.